The molecule has 2 atom stereocenters. The van der Waals surface area contributed by atoms with Crippen LogP contribution in [0.4, 0.5) is 11.8 Å². The molecule has 0 spiro atoms. The average molecular weight is 498 g/mol. The van der Waals surface area contributed by atoms with E-state index in [0.717, 1.165) is 5.56 Å². The summed E-state index contributed by atoms with van der Waals surface area (Å²) in [7, 11) is 0. The number of rotatable bonds is 5. The summed E-state index contributed by atoms with van der Waals surface area (Å²) in [6, 6.07) is 4.78. The number of carbonyl (C=O) groups is 2. The molecule has 2 N–H and O–H groups in total. The third kappa shape index (κ3) is 5.03. The van der Waals surface area contributed by atoms with E-state index in [1.54, 1.807) is 23.2 Å². The molecule has 0 bridgehead atoms. The number of nitrogens with zero attached hydrogens (tertiary/aromatic N) is 4. The molecule has 2 aliphatic rings. The van der Waals surface area contributed by atoms with Crippen molar-refractivity contribution in [3.8, 4) is 0 Å². The number of amides is 2. The third-order valence-corrected chi connectivity index (χ3v) is 6.52. The molecule has 11 heteroatoms. The first-order valence-electron chi connectivity index (χ1n) is 10.4. The summed E-state index contributed by atoms with van der Waals surface area (Å²) in [6.45, 7) is 4.21. The molecule has 2 fully saturated rings. The Bertz CT molecular complexity index is 1030. The van der Waals surface area contributed by atoms with Crippen LogP contribution in [-0.4, -0.2) is 58.9 Å². The van der Waals surface area contributed by atoms with Gasteiger partial charge in [0.2, 0.25) is 17.8 Å². The highest BCUT2D eigenvalue weighted by Gasteiger charge is 2.32. The van der Waals surface area contributed by atoms with Gasteiger partial charge < -0.3 is 20.4 Å². The minimum atomic E-state index is -0.405. The van der Waals surface area contributed by atoms with Crippen molar-refractivity contribution in [2.24, 2.45) is 0 Å². The highest BCUT2D eigenvalue weighted by molar-refractivity contribution is 6.35. The molecule has 3 heterocycles. The largest absolute Gasteiger partial charge is 0.362 e. The first kappa shape index (κ1) is 22.9. The van der Waals surface area contributed by atoms with E-state index in [0.29, 0.717) is 65.9 Å². The van der Waals surface area contributed by atoms with Crippen LogP contribution in [0.1, 0.15) is 31.4 Å². The number of carbonyl (C=O) groups excluding carboxylic acids is 2. The molecule has 2 aromatic rings. The Labute approximate surface area is 201 Å². The summed E-state index contributed by atoms with van der Waals surface area (Å²) < 4.78 is 0. The van der Waals surface area contributed by atoms with Gasteiger partial charge in [-0.25, -0.2) is 4.98 Å². The van der Waals surface area contributed by atoms with Crippen LogP contribution in [0.2, 0.25) is 15.1 Å². The summed E-state index contributed by atoms with van der Waals surface area (Å²) >= 11 is 18.6. The first-order valence-corrected chi connectivity index (χ1v) is 11.5. The molecule has 1 aromatic heterocycles. The van der Waals surface area contributed by atoms with E-state index in [4.69, 9.17) is 34.8 Å². The standard InChI is InChI=1S/C21H23Cl3N6O2/c1-12(14-3-2-13(22)10-15(14)23)26-19-16(24)11-25-21(28-19)30-8-6-29(7-9-30)20(32)17-4-5-18(31)27-17/h2-3,10-12,17H,4-9H2,1H3,(H,27,31)(H,25,26,28)/t12?,17-/m1/s1. The van der Waals surface area contributed by atoms with Gasteiger partial charge in [-0.1, -0.05) is 40.9 Å². The number of anilines is 2. The zero-order chi connectivity index (χ0) is 22.8. The minimum Gasteiger partial charge on any atom is -0.362 e. The first-order chi connectivity index (χ1) is 15.3. The quantitative estimate of drug-likeness (QED) is 0.657. The highest BCUT2D eigenvalue weighted by Crippen LogP contribution is 2.30. The van der Waals surface area contributed by atoms with Gasteiger partial charge in [-0.3, -0.25) is 9.59 Å². The van der Waals surface area contributed by atoms with Crippen LogP contribution in [0, 0.1) is 0 Å². The summed E-state index contributed by atoms with van der Waals surface area (Å²) in [5.74, 6) is 0.948. The Morgan fingerprint density at radius 2 is 1.94 bits per heavy atom. The van der Waals surface area contributed by atoms with Crippen molar-refractivity contribution in [2.45, 2.75) is 31.8 Å². The fraction of sp³-hybridized carbons (Fsp3) is 0.429. The van der Waals surface area contributed by atoms with Crippen LogP contribution in [-0.2, 0) is 9.59 Å². The van der Waals surface area contributed by atoms with Crippen molar-refractivity contribution in [3.63, 3.8) is 0 Å². The lowest BCUT2D eigenvalue weighted by molar-refractivity contribution is -0.134. The van der Waals surface area contributed by atoms with Crippen molar-refractivity contribution in [2.75, 3.05) is 36.4 Å². The lowest BCUT2D eigenvalue weighted by Crippen LogP contribution is -2.53. The molecule has 0 aliphatic carbocycles. The molecule has 1 aromatic carbocycles. The molecular weight excluding hydrogens is 475 g/mol. The summed E-state index contributed by atoms with van der Waals surface area (Å²) in [4.78, 5) is 36.8. The van der Waals surface area contributed by atoms with Crippen molar-refractivity contribution in [1.82, 2.24) is 20.2 Å². The Kier molecular flexibility index (Phi) is 6.93. The predicted molar refractivity (Wildman–Crippen MR) is 125 cm³/mol. The minimum absolute atomic E-state index is 0.0245. The van der Waals surface area contributed by atoms with E-state index in [1.807, 2.05) is 17.9 Å². The maximum atomic E-state index is 12.6. The topological polar surface area (TPSA) is 90.5 Å². The van der Waals surface area contributed by atoms with Crippen LogP contribution in [0.5, 0.6) is 0 Å². The van der Waals surface area contributed by atoms with Crippen molar-refractivity contribution in [3.05, 3.63) is 45.0 Å². The molecule has 2 saturated heterocycles. The SMILES string of the molecule is CC(Nc1nc(N2CCN(C(=O)[C@H]3CCC(=O)N3)CC2)ncc1Cl)c1ccc(Cl)cc1Cl. The fourth-order valence-corrected chi connectivity index (χ4v) is 4.61. The Balaban J connectivity index is 1.40. The maximum absolute atomic E-state index is 12.6. The number of aromatic nitrogens is 2. The number of nitrogens with one attached hydrogen (secondary N) is 2. The third-order valence-electron chi connectivity index (χ3n) is 5.68. The fourth-order valence-electron chi connectivity index (χ4n) is 3.89. The summed E-state index contributed by atoms with van der Waals surface area (Å²) in [5.41, 5.74) is 0.874. The second-order valence-electron chi connectivity index (χ2n) is 7.87. The molecule has 0 radical (unpaired) electrons. The number of piperazine rings is 1. The number of halogens is 3. The molecule has 2 amide bonds. The zero-order valence-corrected chi connectivity index (χ0v) is 19.7. The molecular formula is C21H23Cl3N6O2. The Morgan fingerprint density at radius 1 is 1.19 bits per heavy atom. The second-order valence-corrected chi connectivity index (χ2v) is 9.12. The van der Waals surface area contributed by atoms with E-state index < -0.39 is 6.04 Å². The molecule has 4 rings (SSSR count). The van der Waals surface area contributed by atoms with Crippen LogP contribution < -0.4 is 15.5 Å². The number of hydrogen-bond acceptors (Lipinski definition) is 6. The monoisotopic (exact) mass is 496 g/mol. The molecule has 32 heavy (non-hydrogen) atoms. The van der Waals surface area contributed by atoms with Crippen LogP contribution in [0.3, 0.4) is 0 Å². The van der Waals surface area contributed by atoms with E-state index in [9.17, 15) is 9.59 Å². The van der Waals surface area contributed by atoms with Crippen molar-refractivity contribution < 1.29 is 9.59 Å². The lowest BCUT2D eigenvalue weighted by Gasteiger charge is -2.36. The highest BCUT2D eigenvalue weighted by atomic mass is 35.5. The van der Waals surface area contributed by atoms with Gasteiger partial charge in [0.25, 0.3) is 0 Å². The van der Waals surface area contributed by atoms with Gasteiger partial charge >= 0.3 is 0 Å². The van der Waals surface area contributed by atoms with E-state index >= 15 is 0 Å². The van der Waals surface area contributed by atoms with Gasteiger partial charge in [0.05, 0.1) is 12.2 Å². The van der Waals surface area contributed by atoms with Crippen LogP contribution >= 0.6 is 34.8 Å². The van der Waals surface area contributed by atoms with Gasteiger partial charge in [-0.05, 0) is 31.0 Å². The second kappa shape index (κ2) is 9.68. The van der Waals surface area contributed by atoms with Gasteiger partial charge in [-0.2, -0.15) is 4.98 Å². The molecule has 1 unspecified atom stereocenters. The van der Waals surface area contributed by atoms with Gasteiger partial charge in [0, 0.05) is 42.6 Å². The molecule has 2 aliphatic heterocycles. The maximum Gasteiger partial charge on any atom is 0.245 e. The smallest absolute Gasteiger partial charge is 0.245 e. The predicted octanol–water partition coefficient (Wildman–Crippen LogP) is 3.54. The molecule has 8 nitrogen and oxygen atoms in total. The van der Waals surface area contributed by atoms with Gasteiger partial charge in [0.1, 0.15) is 11.1 Å². The molecule has 170 valence electrons. The van der Waals surface area contributed by atoms with E-state index in [1.165, 1.54) is 0 Å². The number of benzene rings is 1. The Hall–Kier alpha value is -2.29. The average Bonchev–Trinajstić information content (AvgIpc) is 3.21. The number of hydrogen-bond donors (Lipinski definition) is 2. The summed E-state index contributed by atoms with van der Waals surface area (Å²) in [5, 5.41) is 7.56. The van der Waals surface area contributed by atoms with Gasteiger partial charge in [-0.15, -0.1) is 0 Å². The van der Waals surface area contributed by atoms with Crippen LogP contribution in [0.15, 0.2) is 24.4 Å². The Morgan fingerprint density at radius 3 is 2.59 bits per heavy atom. The zero-order valence-electron chi connectivity index (χ0n) is 17.4. The van der Waals surface area contributed by atoms with E-state index in [2.05, 4.69) is 20.6 Å². The summed E-state index contributed by atoms with van der Waals surface area (Å²) in [6.07, 6.45) is 2.53. The van der Waals surface area contributed by atoms with E-state index in [-0.39, 0.29) is 17.9 Å². The van der Waals surface area contributed by atoms with Crippen molar-refractivity contribution >= 4 is 58.4 Å². The van der Waals surface area contributed by atoms with Gasteiger partial charge in [0.15, 0.2) is 5.82 Å². The van der Waals surface area contributed by atoms with Crippen molar-refractivity contribution in [1.29, 1.82) is 0 Å². The lowest BCUT2D eigenvalue weighted by atomic mass is 10.1. The van der Waals surface area contributed by atoms with Crippen LogP contribution in [0.25, 0.3) is 0 Å². The molecule has 0 saturated carbocycles. The normalized spacial score (nSPS) is 19.6.